The van der Waals surface area contributed by atoms with Gasteiger partial charge in [-0.1, -0.05) is 0 Å². The van der Waals surface area contributed by atoms with E-state index in [4.69, 9.17) is 14.6 Å². The van der Waals surface area contributed by atoms with Crippen LogP contribution in [0, 0.1) is 5.92 Å². The van der Waals surface area contributed by atoms with Crippen LogP contribution in [0.1, 0.15) is 46.5 Å². The normalized spacial score (nSPS) is 30.1. The molecule has 3 aliphatic rings. The van der Waals surface area contributed by atoms with Crippen molar-refractivity contribution in [3.8, 4) is 11.4 Å². The van der Waals surface area contributed by atoms with Crippen LogP contribution in [0.15, 0.2) is 12.4 Å². The molecule has 182 valence electrons. The average Bonchev–Trinajstić information content (AvgIpc) is 3.39. The van der Waals surface area contributed by atoms with Crippen LogP contribution in [0.5, 0.6) is 0 Å². The van der Waals surface area contributed by atoms with Crippen molar-refractivity contribution in [3.05, 3.63) is 12.4 Å². The van der Waals surface area contributed by atoms with E-state index >= 15 is 0 Å². The van der Waals surface area contributed by atoms with E-state index in [1.807, 2.05) is 24.1 Å². The summed E-state index contributed by atoms with van der Waals surface area (Å²) in [6.45, 7) is 12.5. The number of rotatable bonds is 5. The fourth-order valence-electron chi connectivity index (χ4n) is 6.04. The van der Waals surface area contributed by atoms with Crippen molar-refractivity contribution in [2.24, 2.45) is 13.0 Å². The van der Waals surface area contributed by atoms with Gasteiger partial charge >= 0.3 is 0 Å². The summed E-state index contributed by atoms with van der Waals surface area (Å²) in [5.74, 6) is 2.47. The fraction of sp³-hybridized carbons (Fsp3) is 0.792. The SMILES string of the molecule is CC1CC(Cn2c(-c3cnn(C)c3)nnc2N2CCN(C3CCOCC3)C[C@@H]2C)CC(C)O1. The van der Waals surface area contributed by atoms with Crippen molar-refractivity contribution in [2.75, 3.05) is 37.7 Å². The molecule has 0 saturated carbocycles. The topological polar surface area (TPSA) is 73.5 Å². The molecule has 9 heteroatoms. The van der Waals surface area contributed by atoms with Gasteiger partial charge < -0.3 is 14.4 Å². The highest BCUT2D eigenvalue weighted by atomic mass is 16.5. The van der Waals surface area contributed by atoms with E-state index in [9.17, 15) is 0 Å². The molecule has 3 atom stereocenters. The Balaban J connectivity index is 1.39. The van der Waals surface area contributed by atoms with Crippen molar-refractivity contribution < 1.29 is 9.47 Å². The summed E-state index contributed by atoms with van der Waals surface area (Å²) in [7, 11) is 1.95. The number of ether oxygens (including phenoxy) is 2. The Morgan fingerprint density at radius 2 is 1.79 bits per heavy atom. The maximum Gasteiger partial charge on any atom is 0.227 e. The van der Waals surface area contributed by atoms with Crippen LogP contribution in [0.4, 0.5) is 5.95 Å². The molecule has 0 amide bonds. The van der Waals surface area contributed by atoms with Gasteiger partial charge in [-0.3, -0.25) is 14.1 Å². The van der Waals surface area contributed by atoms with E-state index in [1.54, 1.807) is 0 Å². The van der Waals surface area contributed by atoms with Crippen LogP contribution < -0.4 is 4.90 Å². The summed E-state index contributed by atoms with van der Waals surface area (Å²) in [6, 6.07) is 1.04. The van der Waals surface area contributed by atoms with Crippen LogP contribution in [-0.4, -0.2) is 86.6 Å². The highest BCUT2D eigenvalue weighted by molar-refractivity contribution is 5.56. The molecule has 0 spiro atoms. The molecule has 0 radical (unpaired) electrons. The number of nitrogens with zero attached hydrogens (tertiary/aromatic N) is 7. The molecule has 2 unspecified atom stereocenters. The second-order valence-electron chi connectivity index (χ2n) is 10.3. The summed E-state index contributed by atoms with van der Waals surface area (Å²) in [4.78, 5) is 5.13. The predicted molar refractivity (Wildman–Crippen MR) is 127 cm³/mol. The van der Waals surface area contributed by atoms with Crippen LogP contribution in [-0.2, 0) is 23.1 Å². The lowest BCUT2D eigenvalue weighted by molar-refractivity contribution is -0.0547. The molecule has 5 heterocycles. The number of aromatic nitrogens is 5. The van der Waals surface area contributed by atoms with Gasteiger partial charge in [0.25, 0.3) is 0 Å². The first kappa shape index (κ1) is 22.8. The summed E-state index contributed by atoms with van der Waals surface area (Å²) < 4.78 is 15.8. The Morgan fingerprint density at radius 3 is 2.45 bits per heavy atom. The molecule has 0 aliphatic carbocycles. The Morgan fingerprint density at radius 1 is 1.03 bits per heavy atom. The zero-order valence-electron chi connectivity index (χ0n) is 20.6. The highest BCUT2D eigenvalue weighted by Gasteiger charge is 2.34. The zero-order valence-corrected chi connectivity index (χ0v) is 20.6. The molecule has 2 aromatic rings. The van der Waals surface area contributed by atoms with Gasteiger partial charge in [-0.25, -0.2) is 0 Å². The maximum absolute atomic E-state index is 6.01. The molecular weight excluding hydrogens is 418 g/mol. The van der Waals surface area contributed by atoms with Crippen molar-refractivity contribution in [2.45, 2.75) is 77.3 Å². The number of hydrogen-bond donors (Lipinski definition) is 0. The van der Waals surface area contributed by atoms with Gasteiger partial charge in [0.2, 0.25) is 5.95 Å². The monoisotopic (exact) mass is 457 g/mol. The molecule has 2 aromatic heterocycles. The van der Waals surface area contributed by atoms with E-state index in [-0.39, 0.29) is 0 Å². The number of piperazine rings is 1. The molecular formula is C24H39N7O2. The minimum atomic E-state index is 0.294. The van der Waals surface area contributed by atoms with E-state index in [1.165, 1.54) is 0 Å². The second kappa shape index (κ2) is 9.72. The number of anilines is 1. The van der Waals surface area contributed by atoms with Crippen LogP contribution in [0.25, 0.3) is 11.4 Å². The Kier molecular flexibility index (Phi) is 6.72. The van der Waals surface area contributed by atoms with E-state index < -0.39 is 0 Å². The maximum atomic E-state index is 6.01. The summed E-state index contributed by atoms with van der Waals surface area (Å²) in [5, 5.41) is 13.8. The molecule has 3 saturated heterocycles. The van der Waals surface area contributed by atoms with E-state index in [0.29, 0.717) is 30.2 Å². The number of hydrogen-bond acceptors (Lipinski definition) is 7. The van der Waals surface area contributed by atoms with E-state index in [2.05, 4.69) is 45.3 Å². The summed E-state index contributed by atoms with van der Waals surface area (Å²) in [6.07, 6.45) is 8.95. The molecule has 0 bridgehead atoms. The smallest absolute Gasteiger partial charge is 0.227 e. The largest absolute Gasteiger partial charge is 0.381 e. The van der Waals surface area contributed by atoms with Gasteiger partial charge in [0.15, 0.2) is 5.82 Å². The third kappa shape index (κ3) is 4.95. The second-order valence-corrected chi connectivity index (χ2v) is 10.3. The lowest BCUT2D eigenvalue weighted by atomic mass is 9.92. The van der Waals surface area contributed by atoms with Gasteiger partial charge in [-0.05, 0) is 52.4 Å². The standard InChI is InChI=1S/C24H39N7O2/c1-17-14-29(22-5-9-32-10-6-22)7-8-30(17)24-27-26-23(21-13-25-28(4)16-21)31(24)15-20-11-18(2)33-19(3)12-20/h13,16-20,22H,5-12,14-15H2,1-4H3/t17-,18?,19?,20?/m0/s1. The van der Waals surface area contributed by atoms with Crippen molar-refractivity contribution in [1.29, 1.82) is 0 Å². The zero-order chi connectivity index (χ0) is 22.9. The molecule has 0 aromatic carbocycles. The van der Waals surface area contributed by atoms with Crippen molar-refractivity contribution in [3.63, 3.8) is 0 Å². The van der Waals surface area contributed by atoms with Crippen LogP contribution in [0.2, 0.25) is 0 Å². The third-order valence-electron chi connectivity index (χ3n) is 7.55. The van der Waals surface area contributed by atoms with E-state index in [0.717, 1.165) is 82.4 Å². The van der Waals surface area contributed by atoms with Crippen LogP contribution >= 0.6 is 0 Å². The van der Waals surface area contributed by atoms with Gasteiger partial charge in [0, 0.05) is 64.7 Å². The first-order valence-corrected chi connectivity index (χ1v) is 12.6. The lowest BCUT2D eigenvalue weighted by Crippen LogP contribution is -2.56. The Bertz CT molecular complexity index is 912. The minimum absolute atomic E-state index is 0.294. The molecule has 33 heavy (non-hydrogen) atoms. The molecule has 0 N–H and O–H groups in total. The average molecular weight is 458 g/mol. The highest BCUT2D eigenvalue weighted by Crippen LogP contribution is 2.32. The molecule has 5 rings (SSSR count). The van der Waals surface area contributed by atoms with Crippen molar-refractivity contribution in [1.82, 2.24) is 29.4 Å². The molecule has 3 aliphatic heterocycles. The fourth-order valence-corrected chi connectivity index (χ4v) is 6.04. The Labute approximate surface area is 197 Å². The first-order valence-electron chi connectivity index (χ1n) is 12.6. The predicted octanol–water partition coefficient (Wildman–Crippen LogP) is 2.57. The lowest BCUT2D eigenvalue weighted by Gasteiger charge is -2.44. The summed E-state index contributed by atoms with van der Waals surface area (Å²) in [5.41, 5.74) is 1.03. The Hall–Kier alpha value is -1.97. The van der Waals surface area contributed by atoms with Gasteiger partial charge in [-0.2, -0.15) is 5.10 Å². The van der Waals surface area contributed by atoms with Crippen molar-refractivity contribution >= 4 is 5.95 Å². The quantitative estimate of drug-likeness (QED) is 0.683. The molecule has 9 nitrogen and oxygen atoms in total. The van der Waals surface area contributed by atoms with Crippen LogP contribution in [0.3, 0.4) is 0 Å². The van der Waals surface area contributed by atoms with Gasteiger partial charge in [-0.15, -0.1) is 10.2 Å². The minimum Gasteiger partial charge on any atom is -0.381 e. The van der Waals surface area contributed by atoms with Gasteiger partial charge in [0.1, 0.15) is 0 Å². The van der Waals surface area contributed by atoms with Gasteiger partial charge in [0.05, 0.1) is 24.0 Å². The number of aryl methyl sites for hydroxylation is 1. The third-order valence-corrected chi connectivity index (χ3v) is 7.55. The summed E-state index contributed by atoms with van der Waals surface area (Å²) >= 11 is 0. The molecule has 3 fully saturated rings. The first-order chi connectivity index (χ1) is 16.0.